The van der Waals surface area contributed by atoms with E-state index in [1.54, 1.807) is 12.7 Å². The number of hydrogen-bond donors (Lipinski definition) is 1. The van der Waals surface area contributed by atoms with Crippen LogP contribution < -0.4 is 0 Å². The molecule has 0 fully saturated rings. The Morgan fingerprint density at radius 1 is 1.14 bits per heavy atom. The Labute approximate surface area is 80.6 Å². The fourth-order valence-corrected chi connectivity index (χ4v) is 0.934. The van der Waals surface area contributed by atoms with Gasteiger partial charge in [-0.25, -0.2) is 0 Å². The molecular formula is C9H9N3O2. The van der Waals surface area contributed by atoms with Crippen molar-refractivity contribution in [2.75, 3.05) is 0 Å². The Hall–Kier alpha value is -2.17. The Bertz CT molecular complexity index is 359. The van der Waals surface area contributed by atoms with Crippen molar-refractivity contribution in [2.24, 2.45) is 0 Å². The minimum Gasteiger partial charge on any atom is -0.483 e. The zero-order valence-electron chi connectivity index (χ0n) is 7.32. The fourth-order valence-electron chi connectivity index (χ4n) is 0.934. The summed E-state index contributed by atoms with van der Waals surface area (Å²) < 4.78 is 1.86. The van der Waals surface area contributed by atoms with Gasteiger partial charge in [0.25, 0.3) is 6.47 Å². The summed E-state index contributed by atoms with van der Waals surface area (Å²) in [5, 5.41) is 14.3. The highest BCUT2D eigenvalue weighted by Gasteiger charge is 1.90. The van der Waals surface area contributed by atoms with E-state index in [2.05, 4.69) is 10.2 Å². The van der Waals surface area contributed by atoms with Crippen LogP contribution in [0.15, 0.2) is 43.0 Å². The van der Waals surface area contributed by atoms with Crippen LogP contribution >= 0.6 is 0 Å². The third-order valence-electron chi connectivity index (χ3n) is 1.47. The van der Waals surface area contributed by atoms with Crippen molar-refractivity contribution in [2.45, 2.75) is 0 Å². The molecule has 0 atom stereocenters. The van der Waals surface area contributed by atoms with Gasteiger partial charge >= 0.3 is 0 Å². The van der Waals surface area contributed by atoms with Crippen LogP contribution in [0.5, 0.6) is 0 Å². The van der Waals surface area contributed by atoms with Crippen molar-refractivity contribution in [3.05, 3.63) is 43.0 Å². The molecule has 0 unspecified atom stereocenters. The van der Waals surface area contributed by atoms with E-state index in [4.69, 9.17) is 9.90 Å². The van der Waals surface area contributed by atoms with E-state index in [0.717, 1.165) is 5.69 Å². The van der Waals surface area contributed by atoms with Crippen LogP contribution in [0, 0.1) is 0 Å². The third-order valence-corrected chi connectivity index (χ3v) is 1.47. The number of hydrogen-bond acceptors (Lipinski definition) is 3. The molecule has 72 valence electrons. The first-order valence-corrected chi connectivity index (χ1v) is 3.86. The Morgan fingerprint density at radius 2 is 1.64 bits per heavy atom. The first-order chi connectivity index (χ1) is 6.88. The fraction of sp³-hybridized carbons (Fsp3) is 0. The Balaban J connectivity index is 0.000000293. The molecule has 0 spiro atoms. The highest BCUT2D eigenvalue weighted by atomic mass is 16.3. The second-order valence-electron chi connectivity index (χ2n) is 2.31. The van der Waals surface area contributed by atoms with Crippen LogP contribution in [0.4, 0.5) is 0 Å². The molecule has 5 nitrogen and oxygen atoms in total. The van der Waals surface area contributed by atoms with E-state index in [9.17, 15) is 0 Å². The van der Waals surface area contributed by atoms with Crippen molar-refractivity contribution in [3.63, 3.8) is 0 Å². The van der Waals surface area contributed by atoms with Gasteiger partial charge in [0.05, 0.1) is 0 Å². The maximum absolute atomic E-state index is 8.36. The molecule has 1 aromatic carbocycles. The molecule has 14 heavy (non-hydrogen) atoms. The molecule has 0 bridgehead atoms. The molecule has 0 saturated heterocycles. The predicted octanol–water partition coefficient (Wildman–Crippen LogP) is 0.968. The quantitative estimate of drug-likeness (QED) is 0.682. The number of carboxylic acid groups (broad SMARTS) is 1. The van der Waals surface area contributed by atoms with Crippen molar-refractivity contribution in [3.8, 4) is 5.69 Å². The molecule has 0 aliphatic rings. The van der Waals surface area contributed by atoms with Crippen LogP contribution in [0.3, 0.4) is 0 Å². The summed E-state index contributed by atoms with van der Waals surface area (Å²) in [7, 11) is 0. The summed E-state index contributed by atoms with van der Waals surface area (Å²) in [5.74, 6) is 0. The second-order valence-corrected chi connectivity index (χ2v) is 2.31. The van der Waals surface area contributed by atoms with Gasteiger partial charge in [0, 0.05) is 5.69 Å². The first kappa shape index (κ1) is 9.91. The number of nitrogens with zero attached hydrogens (tertiary/aromatic N) is 3. The Kier molecular flexibility index (Phi) is 3.87. The van der Waals surface area contributed by atoms with Crippen LogP contribution in [0.25, 0.3) is 5.69 Å². The van der Waals surface area contributed by atoms with E-state index in [1.165, 1.54) is 0 Å². The molecule has 1 N–H and O–H groups in total. The van der Waals surface area contributed by atoms with Gasteiger partial charge in [-0.2, -0.15) is 0 Å². The number of carbonyl (C=O) groups is 1. The molecule has 1 aromatic heterocycles. The van der Waals surface area contributed by atoms with Gasteiger partial charge in [-0.15, -0.1) is 10.2 Å². The summed E-state index contributed by atoms with van der Waals surface area (Å²) in [6.07, 6.45) is 3.35. The number of rotatable bonds is 1. The molecule has 0 radical (unpaired) electrons. The van der Waals surface area contributed by atoms with Gasteiger partial charge < -0.3 is 5.11 Å². The van der Waals surface area contributed by atoms with E-state index < -0.39 is 0 Å². The smallest absolute Gasteiger partial charge is 0.290 e. The molecule has 0 aliphatic heterocycles. The summed E-state index contributed by atoms with van der Waals surface area (Å²) in [6.45, 7) is -0.250. The average Bonchev–Trinajstić information content (AvgIpc) is 2.73. The van der Waals surface area contributed by atoms with Gasteiger partial charge in [-0.3, -0.25) is 9.36 Å². The maximum atomic E-state index is 8.36. The normalized spacial score (nSPS) is 8.57. The zero-order valence-corrected chi connectivity index (χ0v) is 7.32. The molecule has 0 saturated carbocycles. The largest absolute Gasteiger partial charge is 0.483 e. The molecule has 0 amide bonds. The average molecular weight is 191 g/mol. The number of para-hydroxylation sites is 1. The van der Waals surface area contributed by atoms with Crippen molar-refractivity contribution in [1.29, 1.82) is 0 Å². The summed E-state index contributed by atoms with van der Waals surface area (Å²) >= 11 is 0. The lowest BCUT2D eigenvalue weighted by Gasteiger charge is -1.97. The lowest BCUT2D eigenvalue weighted by molar-refractivity contribution is -0.122. The van der Waals surface area contributed by atoms with Crippen LogP contribution in [0.1, 0.15) is 0 Å². The van der Waals surface area contributed by atoms with E-state index in [1.807, 2.05) is 34.9 Å². The van der Waals surface area contributed by atoms with Gasteiger partial charge in [0.2, 0.25) is 0 Å². The molecule has 1 heterocycles. The number of benzene rings is 1. The molecular weight excluding hydrogens is 182 g/mol. The van der Waals surface area contributed by atoms with E-state index >= 15 is 0 Å². The third kappa shape index (κ3) is 2.71. The highest BCUT2D eigenvalue weighted by molar-refractivity contribution is 5.32. The summed E-state index contributed by atoms with van der Waals surface area (Å²) in [6, 6.07) is 9.95. The summed E-state index contributed by atoms with van der Waals surface area (Å²) in [5.41, 5.74) is 1.08. The molecule has 0 aliphatic carbocycles. The van der Waals surface area contributed by atoms with Gasteiger partial charge in [-0.1, -0.05) is 18.2 Å². The van der Waals surface area contributed by atoms with Crippen LogP contribution in [-0.2, 0) is 4.79 Å². The lowest BCUT2D eigenvalue weighted by atomic mass is 10.3. The van der Waals surface area contributed by atoms with Crippen LogP contribution in [-0.4, -0.2) is 26.3 Å². The molecule has 2 aromatic rings. The van der Waals surface area contributed by atoms with Crippen molar-refractivity contribution < 1.29 is 9.90 Å². The van der Waals surface area contributed by atoms with E-state index in [0.29, 0.717) is 0 Å². The highest BCUT2D eigenvalue weighted by Crippen LogP contribution is 2.03. The van der Waals surface area contributed by atoms with Crippen molar-refractivity contribution >= 4 is 6.47 Å². The predicted molar refractivity (Wildman–Crippen MR) is 50.1 cm³/mol. The minimum absolute atomic E-state index is 0.250. The molecule has 5 heteroatoms. The standard InChI is InChI=1S/C8H7N3.CH2O2/c1-2-4-8(5-3-1)11-6-9-10-7-11;2-1-3/h1-7H;1H,(H,2,3). The van der Waals surface area contributed by atoms with Crippen molar-refractivity contribution in [1.82, 2.24) is 14.8 Å². The van der Waals surface area contributed by atoms with Gasteiger partial charge in [-0.05, 0) is 12.1 Å². The minimum atomic E-state index is -0.250. The van der Waals surface area contributed by atoms with Gasteiger partial charge in [0.15, 0.2) is 0 Å². The summed E-state index contributed by atoms with van der Waals surface area (Å²) in [4.78, 5) is 8.36. The van der Waals surface area contributed by atoms with Crippen LogP contribution in [0.2, 0.25) is 0 Å². The Morgan fingerprint density at radius 3 is 2.14 bits per heavy atom. The van der Waals surface area contributed by atoms with E-state index in [-0.39, 0.29) is 6.47 Å². The number of aromatic nitrogens is 3. The SMILES string of the molecule is O=CO.c1ccc(-n2cnnc2)cc1. The molecule has 2 rings (SSSR count). The zero-order chi connectivity index (χ0) is 10.2. The maximum Gasteiger partial charge on any atom is 0.290 e. The van der Waals surface area contributed by atoms with Gasteiger partial charge in [0.1, 0.15) is 12.7 Å². The topological polar surface area (TPSA) is 68.0 Å². The second kappa shape index (κ2) is 5.47. The monoisotopic (exact) mass is 191 g/mol. The first-order valence-electron chi connectivity index (χ1n) is 3.86. The lowest BCUT2D eigenvalue weighted by Crippen LogP contribution is -1.87.